The summed E-state index contributed by atoms with van der Waals surface area (Å²) in [4.78, 5) is 29.4. The first-order chi connectivity index (χ1) is 14.5. The van der Waals surface area contributed by atoms with Gasteiger partial charge in [-0.3, -0.25) is 4.79 Å². The van der Waals surface area contributed by atoms with Crippen molar-refractivity contribution in [2.45, 2.75) is 13.3 Å². The van der Waals surface area contributed by atoms with E-state index in [1.807, 2.05) is 30.3 Å². The zero-order chi connectivity index (χ0) is 21.5. The smallest absolute Gasteiger partial charge is 0.337 e. The summed E-state index contributed by atoms with van der Waals surface area (Å²) in [6, 6.07) is 12.7. The van der Waals surface area contributed by atoms with E-state index in [1.54, 1.807) is 19.2 Å². The fraction of sp³-hybridized carbons (Fsp3) is 0.391. The van der Waals surface area contributed by atoms with Crippen molar-refractivity contribution in [3.8, 4) is 5.75 Å². The van der Waals surface area contributed by atoms with Gasteiger partial charge in [0.1, 0.15) is 5.75 Å². The van der Waals surface area contributed by atoms with Crippen molar-refractivity contribution in [1.29, 1.82) is 0 Å². The first kappa shape index (κ1) is 21.6. The number of nitrogens with zero attached hydrogens (tertiary/aromatic N) is 2. The second-order valence-electron chi connectivity index (χ2n) is 7.22. The van der Waals surface area contributed by atoms with Gasteiger partial charge in [-0.05, 0) is 42.4 Å². The highest BCUT2D eigenvalue weighted by Gasteiger charge is 2.20. The van der Waals surface area contributed by atoms with E-state index in [4.69, 9.17) is 9.47 Å². The standard InChI is InChI=1S/C23H29N3O4/c1-4-25-10-12-26(13-11-25)21-9-8-18(23(28)30-3)16-20(21)24-22(27)15-17-6-5-7-19(14-17)29-2/h5-9,14,16H,4,10-13,15H2,1-3H3,(H,24,27). The van der Waals surface area contributed by atoms with Crippen LogP contribution >= 0.6 is 0 Å². The summed E-state index contributed by atoms with van der Waals surface area (Å²) in [5.74, 6) is 0.127. The van der Waals surface area contributed by atoms with Gasteiger partial charge in [0.15, 0.2) is 0 Å². The van der Waals surface area contributed by atoms with E-state index in [9.17, 15) is 9.59 Å². The molecule has 1 heterocycles. The molecule has 1 N–H and O–H groups in total. The largest absolute Gasteiger partial charge is 0.497 e. The summed E-state index contributed by atoms with van der Waals surface area (Å²) in [5.41, 5.74) is 2.80. The molecule has 1 amide bonds. The van der Waals surface area contributed by atoms with Crippen molar-refractivity contribution < 1.29 is 19.1 Å². The van der Waals surface area contributed by atoms with E-state index < -0.39 is 5.97 Å². The van der Waals surface area contributed by atoms with Gasteiger partial charge in [-0.2, -0.15) is 0 Å². The van der Waals surface area contributed by atoms with Crippen LogP contribution in [0, 0.1) is 0 Å². The average molecular weight is 412 g/mol. The number of likely N-dealkylation sites (N-methyl/N-ethyl adjacent to an activating group) is 1. The Labute approximate surface area is 177 Å². The maximum absolute atomic E-state index is 12.8. The third-order valence-electron chi connectivity index (χ3n) is 5.35. The Hall–Kier alpha value is -3.06. The van der Waals surface area contributed by atoms with Gasteiger partial charge in [0.25, 0.3) is 0 Å². The third-order valence-corrected chi connectivity index (χ3v) is 5.35. The van der Waals surface area contributed by atoms with Gasteiger partial charge in [-0.15, -0.1) is 0 Å². The lowest BCUT2D eigenvalue weighted by molar-refractivity contribution is -0.115. The Morgan fingerprint density at radius 3 is 2.47 bits per heavy atom. The monoisotopic (exact) mass is 411 g/mol. The van der Waals surface area contributed by atoms with Crippen LogP contribution in [0.25, 0.3) is 0 Å². The summed E-state index contributed by atoms with van der Waals surface area (Å²) >= 11 is 0. The molecule has 0 radical (unpaired) electrons. The molecule has 7 heteroatoms. The van der Waals surface area contributed by atoms with Crippen molar-refractivity contribution >= 4 is 23.3 Å². The van der Waals surface area contributed by atoms with E-state index >= 15 is 0 Å². The molecular weight excluding hydrogens is 382 g/mol. The lowest BCUT2D eigenvalue weighted by Gasteiger charge is -2.36. The lowest BCUT2D eigenvalue weighted by Crippen LogP contribution is -2.46. The molecule has 1 aliphatic heterocycles. The molecule has 3 rings (SSSR count). The zero-order valence-corrected chi connectivity index (χ0v) is 17.8. The van der Waals surface area contributed by atoms with Gasteiger partial charge < -0.3 is 24.6 Å². The van der Waals surface area contributed by atoms with Gasteiger partial charge in [0, 0.05) is 26.2 Å². The number of ether oxygens (including phenoxy) is 2. The molecule has 0 unspecified atom stereocenters. The molecule has 7 nitrogen and oxygen atoms in total. The maximum atomic E-state index is 12.8. The number of hydrogen-bond acceptors (Lipinski definition) is 6. The SMILES string of the molecule is CCN1CCN(c2ccc(C(=O)OC)cc2NC(=O)Cc2cccc(OC)c2)CC1. The molecule has 2 aromatic rings. The minimum absolute atomic E-state index is 0.154. The molecular formula is C23H29N3O4. The van der Waals surface area contributed by atoms with E-state index in [0.717, 1.165) is 44.0 Å². The Bertz CT molecular complexity index is 892. The average Bonchev–Trinajstić information content (AvgIpc) is 2.78. The topological polar surface area (TPSA) is 71.1 Å². The van der Waals surface area contributed by atoms with Gasteiger partial charge in [0.05, 0.1) is 37.6 Å². The molecule has 1 saturated heterocycles. The molecule has 0 saturated carbocycles. The van der Waals surface area contributed by atoms with Crippen LogP contribution in [0.3, 0.4) is 0 Å². The van der Waals surface area contributed by atoms with Crippen LogP contribution in [0.5, 0.6) is 5.75 Å². The molecule has 160 valence electrons. The number of esters is 1. The van der Waals surface area contributed by atoms with E-state index in [2.05, 4.69) is 22.0 Å². The molecule has 1 aliphatic rings. The maximum Gasteiger partial charge on any atom is 0.337 e. The minimum atomic E-state index is -0.430. The van der Waals surface area contributed by atoms with Crippen LogP contribution in [0.4, 0.5) is 11.4 Å². The van der Waals surface area contributed by atoms with Gasteiger partial charge in [0.2, 0.25) is 5.91 Å². The number of amides is 1. The Kier molecular flexibility index (Phi) is 7.30. The van der Waals surface area contributed by atoms with E-state index in [1.165, 1.54) is 7.11 Å². The van der Waals surface area contributed by atoms with Crippen LogP contribution in [-0.2, 0) is 16.0 Å². The number of piperazine rings is 1. The highest BCUT2D eigenvalue weighted by Crippen LogP contribution is 2.29. The van der Waals surface area contributed by atoms with Crippen LogP contribution < -0.4 is 15.0 Å². The van der Waals surface area contributed by atoms with E-state index in [-0.39, 0.29) is 12.3 Å². The highest BCUT2D eigenvalue weighted by atomic mass is 16.5. The van der Waals surface area contributed by atoms with E-state index in [0.29, 0.717) is 17.0 Å². The number of benzene rings is 2. The van der Waals surface area contributed by atoms with Crippen molar-refractivity contribution in [3.63, 3.8) is 0 Å². The van der Waals surface area contributed by atoms with Crippen LogP contribution in [0.2, 0.25) is 0 Å². The van der Waals surface area contributed by atoms with Crippen molar-refractivity contribution in [2.24, 2.45) is 0 Å². The molecule has 30 heavy (non-hydrogen) atoms. The van der Waals surface area contributed by atoms with Gasteiger partial charge in [-0.25, -0.2) is 4.79 Å². The zero-order valence-electron chi connectivity index (χ0n) is 17.8. The summed E-state index contributed by atoms with van der Waals surface area (Å²) in [5, 5.41) is 3.00. The number of carbonyl (C=O) groups excluding carboxylic acids is 2. The van der Waals surface area contributed by atoms with Crippen LogP contribution in [0.15, 0.2) is 42.5 Å². The number of methoxy groups -OCH3 is 2. The van der Waals surface area contributed by atoms with Gasteiger partial charge >= 0.3 is 5.97 Å². The molecule has 0 atom stereocenters. The molecule has 0 aromatic heterocycles. The normalized spacial score (nSPS) is 14.3. The molecule has 0 bridgehead atoms. The minimum Gasteiger partial charge on any atom is -0.497 e. The predicted octanol–water partition coefficient (Wildman–Crippen LogP) is 2.80. The Balaban J connectivity index is 1.81. The van der Waals surface area contributed by atoms with Crippen molar-refractivity contribution in [2.75, 3.05) is 57.2 Å². The summed E-state index contributed by atoms with van der Waals surface area (Å²) in [7, 11) is 2.95. The molecule has 0 spiro atoms. The first-order valence-electron chi connectivity index (χ1n) is 10.2. The van der Waals surface area contributed by atoms with Gasteiger partial charge in [-0.1, -0.05) is 19.1 Å². The lowest BCUT2D eigenvalue weighted by atomic mass is 10.1. The summed E-state index contributed by atoms with van der Waals surface area (Å²) < 4.78 is 10.1. The highest BCUT2D eigenvalue weighted by molar-refractivity contribution is 5.98. The fourth-order valence-electron chi connectivity index (χ4n) is 3.62. The third kappa shape index (κ3) is 5.30. The summed E-state index contributed by atoms with van der Waals surface area (Å²) in [6.45, 7) is 6.84. The van der Waals surface area contributed by atoms with Crippen molar-refractivity contribution in [3.05, 3.63) is 53.6 Å². The number of nitrogens with one attached hydrogen (secondary N) is 1. The quantitative estimate of drug-likeness (QED) is 0.707. The van der Waals surface area contributed by atoms with Crippen LogP contribution in [-0.4, -0.2) is 63.7 Å². The second-order valence-corrected chi connectivity index (χ2v) is 7.22. The fourth-order valence-corrected chi connectivity index (χ4v) is 3.62. The number of anilines is 2. The Morgan fingerprint density at radius 1 is 1.03 bits per heavy atom. The summed E-state index contributed by atoms with van der Waals surface area (Å²) in [6.07, 6.45) is 0.211. The number of hydrogen-bond donors (Lipinski definition) is 1. The number of carbonyl (C=O) groups is 2. The van der Waals surface area contributed by atoms with Crippen molar-refractivity contribution in [1.82, 2.24) is 4.90 Å². The molecule has 1 fully saturated rings. The molecule has 2 aromatic carbocycles. The second kappa shape index (κ2) is 10.1. The van der Waals surface area contributed by atoms with Crippen LogP contribution in [0.1, 0.15) is 22.8 Å². The Morgan fingerprint density at radius 2 is 1.80 bits per heavy atom. The number of rotatable bonds is 7. The predicted molar refractivity (Wildman–Crippen MR) is 117 cm³/mol. The molecule has 0 aliphatic carbocycles. The first-order valence-corrected chi connectivity index (χ1v) is 10.2.